The van der Waals surface area contributed by atoms with E-state index < -0.39 is 0 Å². The molecule has 0 saturated heterocycles. The number of nitrogens with zero attached hydrogens (tertiary/aromatic N) is 2. The van der Waals surface area contributed by atoms with Crippen LogP contribution in [0, 0.1) is 0 Å². The number of hydrogen-bond acceptors (Lipinski definition) is 4. The summed E-state index contributed by atoms with van der Waals surface area (Å²) < 4.78 is 0. The minimum absolute atomic E-state index is 0.0776. The van der Waals surface area contributed by atoms with Crippen molar-refractivity contribution < 1.29 is 9.59 Å². The molecule has 2 aromatic heterocycles. The van der Waals surface area contributed by atoms with Crippen molar-refractivity contribution in [2.45, 2.75) is 32.1 Å². The predicted octanol–water partition coefficient (Wildman–Crippen LogP) is 2.59. The Morgan fingerprint density at radius 2 is 1.16 bits per heavy atom. The van der Waals surface area contributed by atoms with Crippen molar-refractivity contribution in [2.75, 3.05) is 13.1 Å². The van der Waals surface area contributed by atoms with E-state index in [2.05, 4.69) is 20.6 Å². The van der Waals surface area contributed by atoms with Gasteiger partial charge in [-0.1, -0.05) is 19.3 Å². The third-order valence-electron chi connectivity index (χ3n) is 3.77. The van der Waals surface area contributed by atoms with Crippen molar-refractivity contribution in [2.24, 2.45) is 0 Å². The normalized spacial score (nSPS) is 10.2. The zero-order chi connectivity index (χ0) is 17.7. The van der Waals surface area contributed by atoms with Gasteiger partial charge in [-0.25, -0.2) is 0 Å². The monoisotopic (exact) mass is 340 g/mol. The van der Waals surface area contributed by atoms with Crippen LogP contribution in [0.3, 0.4) is 0 Å². The lowest BCUT2D eigenvalue weighted by molar-refractivity contribution is 0.0945. The van der Waals surface area contributed by atoms with E-state index in [-0.39, 0.29) is 11.8 Å². The first-order valence-corrected chi connectivity index (χ1v) is 8.64. The molecule has 0 aliphatic carbocycles. The molecular formula is C19H24N4O2. The van der Waals surface area contributed by atoms with Crippen molar-refractivity contribution in [3.05, 3.63) is 60.2 Å². The van der Waals surface area contributed by atoms with Crippen LogP contribution >= 0.6 is 0 Å². The molecule has 0 atom stereocenters. The summed E-state index contributed by atoms with van der Waals surface area (Å²) >= 11 is 0. The van der Waals surface area contributed by atoms with Crippen LogP contribution in [0.25, 0.3) is 0 Å². The van der Waals surface area contributed by atoms with Crippen LogP contribution in [0.1, 0.15) is 52.8 Å². The van der Waals surface area contributed by atoms with Gasteiger partial charge in [0.15, 0.2) is 0 Å². The number of nitrogens with one attached hydrogen (secondary N) is 2. The summed E-state index contributed by atoms with van der Waals surface area (Å²) in [5, 5.41) is 5.78. The molecule has 132 valence electrons. The fourth-order valence-corrected chi connectivity index (χ4v) is 2.38. The molecule has 25 heavy (non-hydrogen) atoms. The second-order valence-corrected chi connectivity index (χ2v) is 5.76. The highest BCUT2D eigenvalue weighted by Crippen LogP contribution is 2.03. The molecule has 2 N–H and O–H groups in total. The van der Waals surface area contributed by atoms with E-state index in [0.717, 1.165) is 32.1 Å². The SMILES string of the molecule is O=C(NCCCCCCCNC(=O)c1cccnc1)c1cccnc1. The Bertz CT molecular complexity index is 589. The standard InChI is InChI=1S/C19H24N4O2/c24-18(16-8-6-10-20-14-16)22-12-4-2-1-3-5-13-23-19(25)17-9-7-11-21-15-17/h6-11,14-15H,1-5,12-13H2,(H,22,24)(H,23,25). The molecule has 0 saturated carbocycles. The van der Waals surface area contributed by atoms with Gasteiger partial charge in [-0.05, 0) is 37.1 Å². The largest absolute Gasteiger partial charge is 0.352 e. The molecule has 0 aromatic carbocycles. The van der Waals surface area contributed by atoms with Crippen LogP contribution in [-0.2, 0) is 0 Å². The molecule has 0 spiro atoms. The number of unbranched alkanes of at least 4 members (excludes halogenated alkanes) is 4. The number of pyridine rings is 2. The molecule has 6 heteroatoms. The molecule has 6 nitrogen and oxygen atoms in total. The smallest absolute Gasteiger partial charge is 0.252 e. The fraction of sp³-hybridized carbons (Fsp3) is 0.368. The Kier molecular flexibility index (Phi) is 8.11. The van der Waals surface area contributed by atoms with Crippen molar-refractivity contribution in [1.29, 1.82) is 0 Å². The van der Waals surface area contributed by atoms with Gasteiger partial charge in [0.2, 0.25) is 0 Å². The van der Waals surface area contributed by atoms with Gasteiger partial charge in [0.05, 0.1) is 11.1 Å². The Labute approximate surface area is 148 Å². The number of aromatic nitrogens is 2. The number of rotatable bonds is 10. The Balaban J connectivity index is 1.45. The molecule has 2 amide bonds. The van der Waals surface area contributed by atoms with E-state index in [1.165, 1.54) is 0 Å². The van der Waals surface area contributed by atoms with E-state index >= 15 is 0 Å². The van der Waals surface area contributed by atoms with Crippen molar-refractivity contribution in [3.8, 4) is 0 Å². The van der Waals surface area contributed by atoms with Gasteiger partial charge in [-0.15, -0.1) is 0 Å². The molecule has 0 bridgehead atoms. The highest BCUT2D eigenvalue weighted by atomic mass is 16.2. The highest BCUT2D eigenvalue weighted by molar-refractivity contribution is 5.94. The number of hydrogen-bond donors (Lipinski definition) is 2. The van der Waals surface area contributed by atoms with Crippen LogP contribution in [0.5, 0.6) is 0 Å². The highest BCUT2D eigenvalue weighted by Gasteiger charge is 2.04. The van der Waals surface area contributed by atoms with Gasteiger partial charge in [-0.3, -0.25) is 19.6 Å². The summed E-state index contributed by atoms with van der Waals surface area (Å²) in [6.07, 6.45) is 11.5. The summed E-state index contributed by atoms with van der Waals surface area (Å²) in [6, 6.07) is 7.01. The molecule has 2 heterocycles. The lowest BCUT2D eigenvalue weighted by Crippen LogP contribution is -2.24. The first-order chi connectivity index (χ1) is 12.3. The molecule has 0 radical (unpaired) electrons. The van der Waals surface area contributed by atoms with Crippen LogP contribution in [0.2, 0.25) is 0 Å². The number of carbonyl (C=O) groups is 2. The van der Waals surface area contributed by atoms with E-state index in [4.69, 9.17) is 0 Å². The van der Waals surface area contributed by atoms with E-state index in [0.29, 0.717) is 24.2 Å². The van der Waals surface area contributed by atoms with E-state index in [1.54, 1.807) is 49.1 Å². The minimum Gasteiger partial charge on any atom is -0.352 e. The van der Waals surface area contributed by atoms with Gasteiger partial charge >= 0.3 is 0 Å². The molecule has 0 aliphatic heterocycles. The number of carbonyl (C=O) groups excluding carboxylic acids is 2. The third-order valence-corrected chi connectivity index (χ3v) is 3.77. The molecule has 0 unspecified atom stereocenters. The molecule has 0 fully saturated rings. The average molecular weight is 340 g/mol. The summed E-state index contributed by atoms with van der Waals surface area (Å²) in [5.41, 5.74) is 1.18. The Hall–Kier alpha value is -2.76. The summed E-state index contributed by atoms with van der Waals surface area (Å²) in [5.74, 6) is -0.155. The fourth-order valence-electron chi connectivity index (χ4n) is 2.38. The number of amides is 2. The maximum absolute atomic E-state index is 11.8. The van der Waals surface area contributed by atoms with Gasteiger partial charge in [0, 0.05) is 37.9 Å². The molecule has 2 rings (SSSR count). The predicted molar refractivity (Wildman–Crippen MR) is 96.2 cm³/mol. The van der Waals surface area contributed by atoms with E-state index in [1.807, 2.05) is 0 Å². The Morgan fingerprint density at radius 1 is 0.720 bits per heavy atom. The van der Waals surface area contributed by atoms with E-state index in [9.17, 15) is 9.59 Å². The Morgan fingerprint density at radius 3 is 1.56 bits per heavy atom. The van der Waals surface area contributed by atoms with Gasteiger partial charge in [-0.2, -0.15) is 0 Å². The lowest BCUT2D eigenvalue weighted by Gasteiger charge is -2.06. The van der Waals surface area contributed by atoms with Gasteiger partial charge in [0.1, 0.15) is 0 Å². The topological polar surface area (TPSA) is 84.0 Å². The molecule has 0 aliphatic rings. The lowest BCUT2D eigenvalue weighted by atomic mass is 10.1. The second-order valence-electron chi connectivity index (χ2n) is 5.76. The van der Waals surface area contributed by atoms with Crippen LogP contribution in [-0.4, -0.2) is 34.9 Å². The van der Waals surface area contributed by atoms with Crippen molar-refractivity contribution in [3.63, 3.8) is 0 Å². The molecule has 2 aromatic rings. The van der Waals surface area contributed by atoms with Crippen LogP contribution in [0.4, 0.5) is 0 Å². The summed E-state index contributed by atoms with van der Waals surface area (Å²) in [4.78, 5) is 31.5. The van der Waals surface area contributed by atoms with Gasteiger partial charge < -0.3 is 10.6 Å². The summed E-state index contributed by atoms with van der Waals surface area (Å²) in [7, 11) is 0. The zero-order valence-electron chi connectivity index (χ0n) is 14.3. The van der Waals surface area contributed by atoms with Crippen molar-refractivity contribution in [1.82, 2.24) is 20.6 Å². The quantitative estimate of drug-likeness (QED) is 0.651. The first kappa shape index (κ1) is 18.6. The maximum atomic E-state index is 11.8. The van der Waals surface area contributed by atoms with Gasteiger partial charge in [0.25, 0.3) is 11.8 Å². The maximum Gasteiger partial charge on any atom is 0.252 e. The van der Waals surface area contributed by atoms with Crippen molar-refractivity contribution >= 4 is 11.8 Å². The second kappa shape index (κ2) is 10.9. The third kappa shape index (κ3) is 7.12. The summed E-state index contributed by atoms with van der Waals surface area (Å²) in [6.45, 7) is 1.34. The molecular weight excluding hydrogens is 316 g/mol. The van der Waals surface area contributed by atoms with Crippen LogP contribution in [0.15, 0.2) is 49.1 Å². The first-order valence-electron chi connectivity index (χ1n) is 8.64. The van der Waals surface area contributed by atoms with Crippen LogP contribution < -0.4 is 10.6 Å². The average Bonchev–Trinajstić information content (AvgIpc) is 2.67. The zero-order valence-corrected chi connectivity index (χ0v) is 14.3. The minimum atomic E-state index is -0.0776.